The summed E-state index contributed by atoms with van der Waals surface area (Å²) in [7, 11) is 1.75. The number of hydrogen-bond donors (Lipinski definition) is 2. The predicted molar refractivity (Wildman–Crippen MR) is 106 cm³/mol. The van der Waals surface area contributed by atoms with E-state index in [-0.39, 0.29) is 11.1 Å². The second kappa shape index (κ2) is 6.86. The minimum absolute atomic E-state index is 0.254. The number of halogens is 1. The lowest BCUT2D eigenvalue weighted by Crippen LogP contribution is -2.54. The number of carbonyl (C=O) groups excluding carboxylic acids is 1. The largest absolute Gasteiger partial charge is 0.350 e. The molecule has 4 rings (SSSR count). The van der Waals surface area contributed by atoms with Crippen molar-refractivity contribution in [3.8, 4) is 0 Å². The summed E-state index contributed by atoms with van der Waals surface area (Å²) in [5.74, 6) is 0.573. The number of rotatable bonds is 3. The third kappa shape index (κ3) is 3.38. The molecular weight excluding hydrogens is 366 g/mol. The van der Waals surface area contributed by atoms with Gasteiger partial charge in [0.1, 0.15) is 11.5 Å². The lowest BCUT2D eigenvalue weighted by atomic mass is 10.1. The third-order valence-corrected chi connectivity index (χ3v) is 5.09. The number of nitrogens with one attached hydrogen (secondary N) is 2. The molecule has 3 aromatic heterocycles. The third-order valence-electron chi connectivity index (χ3n) is 4.81. The minimum atomic E-state index is -0.281. The monoisotopic (exact) mass is 387 g/mol. The van der Waals surface area contributed by atoms with Crippen LogP contribution >= 0.6 is 11.6 Å². The Bertz CT molecular complexity index is 995. The Labute approximate surface area is 162 Å². The van der Waals surface area contributed by atoms with Crippen LogP contribution in [0.1, 0.15) is 24.3 Å². The zero-order valence-corrected chi connectivity index (χ0v) is 16.2. The maximum absolute atomic E-state index is 12.8. The van der Waals surface area contributed by atoms with Gasteiger partial charge in [-0.25, -0.2) is 4.52 Å². The quantitative estimate of drug-likeness (QED) is 0.720. The molecule has 4 heterocycles. The Kier molecular flexibility index (Phi) is 4.53. The first-order chi connectivity index (χ1) is 12.9. The van der Waals surface area contributed by atoms with Crippen molar-refractivity contribution >= 4 is 34.5 Å². The lowest BCUT2D eigenvalue weighted by molar-refractivity contribution is 0.102. The molecule has 142 valence electrons. The summed E-state index contributed by atoms with van der Waals surface area (Å²) >= 11 is 6.04. The summed E-state index contributed by atoms with van der Waals surface area (Å²) in [6, 6.07) is 8.33. The molecule has 8 nitrogen and oxygen atoms in total. The van der Waals surface area contributed by atoms with E-state index in [9.17, 15) is 4.79 Å². The molecule has 0 aromatic carbocycles. The van der Waals surface area contributed by atoms with Crippen LogP contribution < -0.4 is 15.5 Å². The first-order valence-corrected chi connectivity index (χ1v) is 9.29. The van der Waals surface area contributed by atoms with E-state index in [1.165, 1.54) is 0 Å². The van der Waals surface area contributed by atoms with E-state index < -0.39 is 0 Å². The molecule has 2 atom stereocenters. The Morgan fingerprint density at radius 2 is 2.04 bits per heavy atom. The van der Waals surface area contributed by atoms with Crippen molar-refractivity contribution < 1.29 is 4.79 Å². The fourth-order valence-corrected chi connectivity index (χ4v) is 3.59. The highest BCUT2D eigenvalue weighted by Gasteiger charge is 2.24. The summed E-state index contributed by atoms with van der Waals surface area (Å²) in [6.07, 6.45) is 1.67. The van der Waals surface area contributed by atoms with Crippen molar-refractivity contribution in [1.29, 1.82) is 0 Å². The fourth-order valence-electron chi connectivity index (χ4n) is 3.38. The summed E-state index contributed by atoms with van der Waals surface area (Å²) in [5.41, 5.74) is 1.78. The van der Waals surface area contributed by atoms with E-state index in [1.54, 1.807) is 28.5 Å². The normalized spacial score (nSPS) is 20.2. The van der Waals surface area contributed by atoms with Gasteiger partial charge in [0.05, 0.1) is 11.2 Å². The van der Waals surface area contributed by atoms with Gasteiger partial charge in [-0.15, -0.1) is 5.10 Å². The van der Waals surface area contributed by atoms with Crippen LogP contribution in [0.3, 0.4) is 0 Å². The summed E-state index contributed by atoms with van der Waals surface area (Å²) in [5, 5.41) is 15.3. The van der Waals surface area contributed by atoms with Gasteiger partial charge >= 0.3 is 0 Å². The van der Waals surface area contributed by atoms with E-state index in [0.717, 1.165) is 24.4 Å². The summed E-state index contributed by atoms with van der Waals surface area (Å²) in [4.78, 5) is 15.0. The molecule has 9 heteroatoms. The number of carbonyl (C=O) groups is 1. The molecule has 0 aliphatic carbocycles. The van der Waals surface area contributed by atoms with Gasteiger partial charge in [-0.1, -0.05) is 11.6 Å². The molecule has 1 amide bonds. The Balaban J connectivity index is 1.65. The van der Waals surface area contributed by atoms with Crippen LogP contribution in [0.5, 0.6) is 0 Å². The van der Waals surface area contributed by atoms with Gasteiger partial charge < -0.3 is 15.5 Å². The summed E-state index contributed by atoms with van der Waals surface area (Å²) in [6.45, 7) is 6.09. The highest BCUT2D eigenvalue weighted by atomic mass is 35.5. The zero-order chi connectivity index (χ0) is 19.1. The average molecular weight is 388 g/mol. The number of aromatic nitrogens is 4. The van der Waals surface area contributed by atoms with E-state index in [4.69, 9.17) is 16.7 Å². The molecule has 1 fully saturated rings. The number of piperazine rings is 1. The van der Waals surface area contributed by atoms with Crippen molar-refractivity contribution in [1.82, 2.24) is 24.7 Å². The van der Waals surface area contributed by atoms with Gasteiger partial charge in [0.15, 0.2) is 5.15 Å². The second-order valence-electron chi connectivity index (χ2n) is 7.02. The standard InChI is InChI=1S/C18H22ClN7O/c1-11-9-25(12(2)8-20-11)16-7-5-13-4-6-15(26(13)22-16)18(27)21-14-10-24(3)23-17(14)19/h4-7,10-12,20H,8-9H2,1-3H3,(H,21,27)/t11-,12-/m1/s1. The topological polar surface area (TPSA) is 79.5 Å². The summed E-state index contributed by atoms with van der Waals surface area (Å²) < 4.78 is 3.23. The van der Waals surface area contributed by atoms with Crippen LogP contribution in [0.2, 0.25) is 5.15 Å². The van der Waals surface area contributed by atoms with Crippen molar-refractivity contribution in [2.45, 2.75) is 25.9 Å². The van der Waals surface area contributed by atoms with Crippen LogP contribution in [-0.2, 0) is 7.05 Å². The SMILES string of the molecule is C[C@@H]1CN(c2ccc3ccc(C(=O)Nc4cn(C)nc4Cl)n3n2)[C@H](C)CN1. The molecule has 0 spiro atoms. The molecule has 3 aromatic rings. The van der Waals surface area contributed by atoms with E-state index >= 15 is 0 Å². The van der Waals surface area contributed by atoms with Gasteiger partial charge in [-0.05, 0) is 38.1 Å². The fraction of sp³-hybridized carbons (Fsp3) is 0.389. The number of nitrogens with zero attached hydrogens (tertiary/aromatic N) is 5. The number of aryl methyl sites for hydroxylation is 1. The number of hydrogen-bond acceptors (Lipinski definition) is 5. The van der Waals surface area contributed by atoms with Crippen LogP contribution in [0.15, 0.2) is 30.5 Å². The molecule has 1 saturated heterocycles. The number of fused-ring (bicyclic) bond motifs is 1. The van der Waals surface area contributed by atoms with Crippen LogP contribution in [0.4, 0.5) is 11.5 Å². The maximum atomic E-state index is 12.8. The van der Waals surface area contributed by atoms with E-state index in [1.807, 2.05) is 18.2 Å². The van der Waals surface area contributed by atoms with E-state index in [0.29, 0.717) is 23.5 Å². The Morgan fingerprint density at radius 1 is 1.26 bits per heavy atom. The first kappa shape index (κ1) is 17.8. The second-order valence-corrected chi connectivity index (χ2v) is 7.38. The molecule has 1 aliphatic rings. The average Bonchev–Trinajstić information content (AvgIpc) is 3.19. The van der Waals surface area contributed by atoms with Gasteiger partial charge in [-0.3, -0.25) is 9.48 Å². The molecular formula is C18H22ClN7O. The van der Waals surface area contributed by atoms with Crippen molar-refractivity contribution in [3.05, 3.63) is 41.3 Å². The number of amides is 1. The zero-order valence-electron chi connectivity index (χ0n) is 15.5. The smallest absolute Gasteiger partial charge is 0.274 e. The minimum Gasteiger partial charge on any atom is -0.350 e. The molecule has 27 heavy (non-hydrogen) atoms. The molecule has 2 N–H and O–H groups in total. The molecule has 0 saturated carbocycles. The highest BCUT2D eigenvalue weighted by Crippen LogP contribution is 2.22. The molecule has 0 unspecified atom stereocenters. The lowest BCUT2D eigenvalue weighted by Gasteiger charge is -2.38. The molecule has 1 aliphatic heterocycles. The van der Waals surface area contributed by atoms with Gasteiger partial charge in [0.2, 0.25) is 0 Å². The van der Waals surface area contributed by atoms with Crippen molar-refractivity contribution in [3.63, 3.8) is 0 Å². The first-order valence-electron chi connectivity index (χ1n) is 8.91. The van der Waals surface area contributed by atoms with Gasteiger partial charge in [0, 0.05) is 38.4 Å². The Hall–Kier alpha value is -2.58. The van der Waals surface area contributed by atoms with E-state index in [2.05, 4.69) is 34.5 Å². The van der Waals surface area contributed by atoms with Crippen LogP contribution in [-0.4, -0.2) is 50.5 Å². The van der Waals surface area contributed by atoms with Gasteiger partial charge in [0.25, 0.3) is 5.91 Å². The van der Waals surface area contributed by atoms with Crippen molar-refractivity contribution in [2.24, 2.45) is 7.05 Å². The molecule has 0 bridgehead atoms. The molecule has 0 radical (unpaired) electrons. The van der Waals surface area contributed by atoms with Crippen LogP contribution in [0.25, 0.3) is 5.52 Å². The maximum Gasteiger partial charge on any atom is 0.274 e. The number of anilines is 2. The predicted octanol–water partition coefficient (Wildman–Crippen LogP) is 2.16. The van der Waals surface area contributed by atoms with Gasteiger partial charge in [-0.2, -0.15) is 5.10 Å². The van der Waals surface area contributed by atoms with Crippen molar-refractivity contribution in [2.75, 3.05) is 23.3 Å². The van der Waals surface area contributed by atoms with Crippen LogP contribution in [0, 0.1) is 0 Å². The Morgan fingerprint density at radius 3 is 2.78 bits per heavy atom. The highest BCUT2D eigenvalue weighted by molar-refractivity contribution is 6.32.